The Labute approximate surface area is 156 Å². The molecule has 0 saturated carbocycles. The van der Waals surface area contributed by atoms with Crippen LogP contribution in [0.15, 0.2) is 48.5 Å². The highest BCUT2D eigenvalue weighted by atomic mass is 19.1. The number of ether oxygens (including phenoxy) is 3. The maximum absolute atomic E-state index is 13.2. The quantitative estimate of drug-likeness (QED) is 0.628. The van der Waals surface area contributed by atoms with Crippen LogP contribution in [0.2, 0.25) is 0 Å². The Morgan fingerprint density at radius 1 is 0.923 bits per heavy atom. The lowest BCUT2D eigenvalue weighted by atomic mass is 9.81. The topological polar surface area (TPSA) is 27.7 Å². The molecule has 2 unspecified atom stereocenters. The molecule has 2 rings (SSSR count). The van der Waals surface area contributed by atoms with Gasteiger partial charge in [0.2, 0.25) is 0 Å². The van der Waals surface area contributed by atoms with Gasteiger partial charge in [-0.3, -0.25) is 0 Å². The zero-order valence-electron chi connectivity index (χ0n) is 16.3. The van der Waals surface area contributed by atoms with E-state index in [-0.39, 0.29) is 23.4 Å². The van der Waals surface area contributed by atoms with Gasteiger partial charge in [-0.2, -0.15) is 0 Å². The van der Waals surface area contributed by atoms with E-state index in [0.717, 1.165) is 23.3 Å². The molecule has 2 atom stereocenters. The van der Waals surface area contributed by atoms with Gasteiger partial charge in [-0.15, -0.1) is 0 Å². The first-order valence-corrected chi connectivity index (χ1v) is 8.90. The molecule has 0 saturated heterocycles. The zero-order valence-corrected chi connectivity index (χ0v) is 16.3. The first-order chi connectivity index (χ1) is 12.4. The Balaban J connectivity index is 2.06. The van der Waals surface area contributed by atoms with Gasteiger partial charge >= 0.3 is 0 Å². The van der Waals surface area contributed by atoms with Gasteiger partial charge in [0, 0.05) is 13.0 Å². The maximum atomic E-state index is 13.2. The summed E-state index contributed by atoms with van der Waals surface area (Å²) < 4.78 is 30.3. The summed E-state index contributed by atoms with van der Waals surface area (Å²) in [5.74, 6) is 0.729. The van der Waals surface area contributed by atoms with Crippen molar-refractivity contribution in [3.63, 3.8) is 0 Å². The van der Waals surface area contributed by atoms with Gasteiger partial charge in [0.15, 0.2) is 0 Å². The third kappa shape index (κ3) is 5.55. The van der Waals surface area contributed by atoms with Crippen LogP contribution in [-0.4, -0.2) is 25.9 Å². The molecule has 26 heavy (non-hydrogen) atoms. The first-order valence-electron chi connectivity index (χ1n) is 8.90. The van der Waals surface area contributed by atoms with Crippen LogP contribution < -0.4 is 4.74 Å². The Morgan fingerprint density at radius 3 is 2.04 bits per heavy atom. The molecule has 3 nitrogen and oxygen atoms in total. The smallest absolute Gasteiger partial charge is 0.123 e. The summed E-state index contributed by atoms with van der Waals surface area (Å²) in [5.41, 5.74) is 1.79. The van der Waals surface area contributed by atoms with Crippen molar-refractivity contribution in [3.05, 3.63) is 65.5 Å². The molecule has 4 heteroatoms. The predicted molar refractivity (Wildman–Crippen MR) is 102 cm³/mol. The first kappa shape index (κ1) is 20.4. The van der Waals surface area contributed by atoms with Crippen molar-refractivity contribution in [2.24, 2.45) is 5.92 Å². The summed E-state index contributed by atoms with van der Waals surface area (Å²) in [6.45, 7) is 6.71. The predicted octanol–water partition coefficient (Wildman–Crippen LogP) is 5.02. The molecule has 0 spiro atoms. The van der Waals surface area contributed by atoms with Crippen LogP contribution >= 0.6 is 0 Å². The third-order valence-electron chi connectivity index (χ3n) is 5.03. The van der Waals surface area contributed by atoms with Crippen molar-refractivity contribution in [1.82, 2.24) is 0 Å². The molecule has 2 aromatic rings. The largest absolute Gasteiger partial charge is 0.497 e. The summed E-state index contributed by atoms with van der Waals surface area (Å²) in [5, 5.41) is 0. The van der Waals surface area contributed by atoms with Gasteiger partial charge in [0.25, 0.3) is 0 Å². The normalized spacial score (nSPS) is 14.1. The van der Waals surface area contributed by atoms with Crippen molar-refractivity contribution in [2.45, 2.75) is 45.5 Å². The van der Waals surface area contributed by atoms with Crippen LogP contribution in [0, 0.1) is 11.7 Å². The van der Waals surface area contributed by atoms with E-state index in [9.17, 15) is 4.39 Å². The summed E-state index contributed by atoms with van der Waals surface area (Å²) in [4.78, 5) is 0. The van der Waals surface area contributed by atoms with E-state index in [2.05, 4.69) is 20.8 Å². The molecule has 0 bridgehead atoms. The van der Waals surface area contributed by atoms with E-state index in [1.807, 2.05) is 36.4 Å². The molecular weight excluding hydrogens is 331 g/mol. The van der Waals surface area contributed by atoms with Gasteiger partial charge in [-0.1, -0.05) is 24.3 Å². The standard InChI is InChI=1S/C22H29FO3/c1-16(26-15-18-8-12-20(24-4)13-9-18)21(22(2,3)25-5)14-17-6-10-19(23)11-7-17/h6-13,16,21H,14-15H2,1-5H3. The summed E-state index contributed by atoms with van der Waals surface area (Å²) >= 11 is 0. The summed E-state index contributed by atoms with van der Waals surface area (Å²) in [7, 11) is 3.37. The molecule has 0 aliphatic rings. The van der Waals surface area contributed by atoms with Gasteiger partial charge < -0.3 is 14.2 Å². The van der Waals surface area contributed by atoms with Crippen LogP contribution in [0.3, 0.4) is 0 Å². The van der Waals surface area contributed by atoms with Gasteiger partial charge in [0.1, 0.15) is 11.6 Å². The van der Waals surface area contributed by atoms with Gasteiger partial charge in [-0.05, 0) is 62.6 Å². The maximum Gasteiger partial charge on any atom is 0.123 e. The lowest BCUT2D eigenvalue weighted by Gasteiger charge is -2.37. The molecule has 142 valence electrons. The van der Waals surface area contributed by atoms with E-state index in [0.29, 0.717) is 6.61 Å². The van der Waals surface area contributed by atoms with Crippen LogP contribution in [0.25, 0.3) is 0 Å². The average Bonchev–Trinajstić information content (AvgIpc) is 2.65. The molecule has 0 aliphatic heterocycles. The lowest BCUT2D eigenvalue weighted by molar-refractivity contribution is -0.0947. The average molecular weight is 360 g/mol. The minimum atomic E-state index is -0.367. The van der Waals surface area contributed by atoms with Crippen LogP contribution in [0.4, 0.5) is 4.39 Å². The number of benzene rings is 2. The second-order valence-corrected chi connectivity index (χ2v) is 7.11. The molecule has 0 N–H and O–H groups in total. The third-order valence-corrected chi connectivity index (χ3v) is 5.03. The lowest BCUT2D eigenvalue weighted by Crippen LogP contribution is -2.42. The van der Waals surface area contributed by atoms with Crippen LogP contribution in [0.1, 0.15) is 31.9 Å². The Kier molecular flexibility index (Phi) is 7.18. The SMILES string of the molecule is COc1ccc(COC(C)C(Cc2ccc(F)cc2)C(C)(C)OC)cc1. The number of methoxy groups -OCH3 is 2. The highest BCUT2D eigenvalue weighted by Gasteiger charge is 2.34. The Morgan fingerprint density at radius 2 is 1.50 bits per heavy atom. The number of hydrogen-bond donors (Lipinski definition) is 0. The number of halogens is 1. The molecule has 2 aromatic carbocycles. The molecule has 0 aromatic heterocycles. The second kappa shape index (κ2) is 9.15. The molecule has 0 radical (unpaired) electrons. The fourth-order valence-corrected chi connectivity index (χ4v) is 3.07. The highest BCUT2D eigenvalue weighted by Crippen LogP contribution is 2.30. The summed E-state index contributed by atoms with van der Waals surface area (Å²) in [6.07, 6.45) is 0.724. The van der Waals surface area contributed by atoms with Gasteiger partial charge in [0.05, 0.1) is 25.4 Å². The zero-order chi connectivity index (χ0) is 19.2. The van der Waals surface area contributed by atoms with Crippen molar-refractivity contribution in [2.75, 3.05) is 14.2 Å². The fourth-order valence-electron chi connectivity index (χ4n) is 3.07. The van der Waals surface area contributed by atoms with E-state index < -0.39 is 0 Å². The highest BCUT2D eigenvalue weighted by molar-refractivity contribution is 5.26. The van der Waals surface area contributed by atoms with Crippen molar-refractivity contribution >= 4 is 0 Å². The second-order valence-electron chi connectivity index (χ2n) is 7.11. The minimum Gasteiger partial charge on any atom is -0.497 e. The monoisotopic (exact) mass is 360 g/mol. The summed E-state index contributed by atoms with van der Waals surface area (Å²) in [6, 6.07) is 14.5. The fraction of sp³-hybridized carbons (Fsp3) is 0.455. The molecule has 0 aliphatic carbocycles. The number of rotatable bonds is 9. The van der Waals surface area contributed by atoms with E-state index in [1.54, 1.807) is 14.2 Å². The Bertz CT molecular complexity index is 665. The molecule has 0 heterocycles. The molecule has 0 fully saturated rings. The molecule has 0 amide bonds. The van der Waals surface area contributed by atoms with Crippen molar-refractivity contribution in [3.8, 4) is 5.75 Å². The molecular formula is C22H29FO3. The minimum absolute atomic E-state index is 0.0305. The van der Waals surface area contributed by atoms with Crippen molar-refractivity contribution in [1.29, 1.82) is 0 Å². The number of hydrogen-bond acceptors (Lipinski definition) is 3. The van der Waals surface area contributed by atoms with Crippen molar-refractivity contribution < 1.29 is 18.6 Å². The Hall–Kier alpha value is -1.91. The van der Waals surface area contributed by atoms with E-state index >= 15 is 0 Å². The van der Waals surface area contributed by atoms with E-state index in [4.69, 9.17) is 14.2 Å². The van der Waals surface area contributed by atoms with Gasteiger partial charge in [-0.25, -0.2) is 4.39 Å². The van der Waals surface area contributed by atoms with Crippen LogP contribution in [0.5, 0.6) is 5.75 Å². The van der Waals surface area contributed by atoms with Crippen LogP contribution in [-0.2, 0) is 22.5 Å². The van der Waals surface area contributed by atoms with E-state index in [1.165, 1.54) is 12.1 Å².